The van der Waals surface area contributed by atoms with Gasteiger partial charge in [0.2, 0.25) is 5.91 Å². The Morgan fingerprint density at radius 2 is 1.61 bits per heavy atom. The highest BCUT2D eigenvalue weighted by Crippen LogP contribution is 2.27. The molecule has 1 N–H and O–H groups in total. The molecule has 0 saturated carbocycles. The number of nitrogens with one attached hydrogen (secondary N) is 1. The van der Waals surface area contributed by atoms with E-state index < -0.39 is 0 Å². The number of amides is 1. The Kier molecular flexibility index (Phi) is 8.12. The van der Waals surface area contributed by atoms with Gasteiger partial charge < -0.3 is 19.5 Å². The first-order valence-electron chi connectivity index (χ1n) is 10.1. The summed E-state index contributed by atoms with van der Waals surface area (Å²) < 4.78 is 16.3. The molecular weight excluding hydrogens is 390 g/mol. The van der Waals surface area contributed by atoms with E-state index in [1.54, 1.807) is 20.3 Å². The van der Waals surface area contributed by atoms with Gasteiger partial charge in [0.1, 0.15) is 12.4 Å². The second-order valence-electron chi connectivity index (χ2n) is 6.91. The van der Waals surface area contributed by atoms with Gasteiger partial charge in [0, 0.05) is 12.6 Å². The largest absolute Gasteiger partial charge is 0.493 e. The molecule has 0 unspecified atom stereocenters. The maximum absolute atomic E-state index is 12.1. The second kappa shape index (κ2) is 11.5. The lowest BCUT2D eigenvalue weighted by Gasteiger charge is -2.09. The van der Waals surface area contributed by atoms with Gasteiger partial charge in [-0.3, -0.25) is 4.79 Å². The third kappa shape index (κ3) is 6.93. The van der Waals surface area contributed by atoms with Crippen LogP contribution in [-0.4, -0.2) is 26.7 Å². The summed E-state index contributed by atoms with van der Waals surface area (Å²) in [7, 11) is 3.21. The minimum absolute atomic E-state index is 0.134. The van der Waals surface area contributed by atoms with Crippen molar-refractivity contribution in [3.8, 4) is 17.2 Å². The van der Waals surface area contributed by atoms with Crippen LogP contribution in [0.5, 0.6) is 17.2 Å². The summed E-state index contributed by atoms with van der Waals surface area (Å²) in [6, 6.07) is 23.4. The van der Waals surface area contributed by atoms with Crippen LogP contribution in [0, 0.1) is 0 Å². The number of ether oxygens (including phenoxy) is 3. The predicted molar refractivity (Wildman–Crippen MR) is 123 cm³/mol. The Labute approximate surface area is 183 Å². The fourth-order valence-electron chi connectivity index (χ4n) is 3.01. The molecule has 5 nitrogen and oxygen atoms in total. The average Bonchev–Trinajstić information content (AvgIpc) is 2.82. The van der Waals surface area contributed by atoms with Gasteiger partial charge in [-0.1, -0.05) is 48.5 Å². The zero-order valence-electron chi connectivity index (χ0n) is 17.8. The number of hydrogen-bond acceptors (Lipinski definition) is 4. The summed E-state index contributed by atoms with van der Waals surface area (Å²) in [6.45, 7) is 1.06. The summed E-state index contributed by atoms with van der Waals surface area (Å²) in [5.41, 5.74) is 3.12. The van der Waals surface area contributed by atoms with E-state index in [2.05, 4.69) is 5.32 Å². The molecule has 3 aromatic rings. The number of carbonyl (C=O) groups excluding carboxylic acids is 1. The van der Waals surface area contributed by atoms with Crippen LogP contribution in [0.3, 0.4) is 0 Å². The van der Waals surface area contributed by atoms with E-state index in [4.69, 9.17) is 14.2 Å². The molecular formula is C26H27NO4. The molecule has 0 bridgehead atoms. The van der Waals surface area contributed by atoms with Crippen LogP contribution in [0.1, 0.15) is 16.7 Å². The van der Waals surface area contributed by atoms with Crippen molar-refractivity contribution in [3.05, 3.63) is 95.6 Å². The van der Waals surface area contributed by atoms with E-state index in [0.29, 0.717) is 31.1 Å². The Hall–Kier alpha value is -3.73. The van der Waals surface area contributed by atoms with E-state index in [1.165, 1.54) is 6.08 Å². The summed E-state index contributed by atoms with van der Waals surface area (Å²) in [4.78, 5) is 12.1. The van der Waals surface area contributed by atoms with E-state index in [0.717, 1.165) is 22.4 Å². The highest BCUT2D eigenvalue weighted by Gasteiger charge is 2.05. The highest BCUT2D eigenvalue weighted by molar-refractivity contribution is 5.91. The first-order valence-corrected chi connectivity index (χ1v) is 10.1. The van der Waals surface area contributed by atoms with Crippen molar-refractivity contribution in [2.75, 3.05) is 20.8 Å². The van der Waals surface area contributed by atoms with Crippen molar-refractivity contribution in [3.63, 3.8) is 0 Å². The van der Waals surface area contributed by atoms with Gasteiger partial charge in [0.25, 0.3) is 0 Å². The van der Waals surface area contributed by atoms with Gasteiger partial charge in [0.15, 0.2) is 11.5 Å². The molecule has 0 fully saturated rings. The fraction of sp³-hybridized carbons (Fsp3) is 0.192. The van der Waals surface area contributed by atoms with Crippen LogP contribution in [0.25, 0.3) is 6.08 Å². The predicted octanol–water partition coefficient (Wildman–Crippen LogP) is 4.65. The van der Waals surface area contributed by atoms with Gasteiger partial charge in [-0.15, -0.1) is 0 Å². The zero-order valence-corrected chi connectivity index (χ0v) is 17.8. The molecule has 0 heterocycles. The minimum Gasteiger partial charge on any atom is -0.493 e. The van der Waals surface area contributed by atoms with Crippen LogP contribution in [-0.2, 0) is 17.8 Å². The molecule has 0 aromatic heterocycles. The molecule has 0 aliphatic heterocycles. The Balaban J connectivity index is 1.43. The first kappa shape index (κ1) is 22.0. The van der Waals surface area contributed by atoms with Crippen LogP contribution in [0.15, 0.2) is 78.9 Å². The molecule has 0 radical (unpaired) electrons. The summed E-state index contributed by atoms with van der Waals surface area (Å²) in [5.74, 6) is 2.03. The molecule has 0 saturated heterocycles. The molecule has 1 amide bonds. The maximum atomic E-state index is 12.1. The average molecular weight is 418 g/mol. The smallest absolute Gasteiger partial charge is 0.244 e. The summed E-state index contributed by atoms with van der Waals surface area (Å²) in [5, 5.41) is 2.89. The zero-order chi connectivity index (χ0) is 21.9. The molecule has 0 aliphatic rings. The Morgan fingerprint density at radius 3 is 2.32 bits per heavy atom. The van der Waals surface area contributed by atoms with Gasteiger partial charge in [-0.05, 0) is 53.5 Å². The third-order valence-corrected chi connectivity index (χ3v) is 4.72. The maximum Gasteiger partial charge on any atom is 0.244 e. The van der Waals surface area contributed by atoms with Gasteiger partial charge in [0.05, 0.1) is 14.2 Å². The second-order valence-corrected chi connectivity index (χ2v) is 6.91. The van der Waals surface area contributed by atoms with E-state index in [9.17, 15) is 4.79 Å². The molecule has 0 atom stereocenters. The first-order chi connectivity index (χ1) is 15.2. The number of carbonyl (C=O) groups is 1. The monoisotopic (exact) mass is 417 g/mol. The van der Waals surface area contributed by atoms with Gasteiger partial charge >= 0.3 is 0 Å². The van der Waals surface area contributed by atoms with E-state index in [-0.39, 0.29) is 5.91 Å². The topological polar surface area (TPSA) is 56.8 Å². The third-order valence-electron chi connectivity index (χ3n) is 4.72. The van der Waals surface area contributed by atoms with Crippen molar-refractivity contribution >= 4 is 12.0 Å². The minimum atomic E-state index is -0.134. The van der Waals surface area contributed by atoms with Crippen molar-refractivity contribution in [1.29, 1.82) is 0 Å². The molecule has 31 heavy (non-hydrogen) atoms. The molecule has 3 rings (SSSR count). The van der Waals surface area contributed by atoms with Crippen LogP contribution >= 0.6 is 0 Å². The normalized spacial score (nSPS) is 10.6. The van der Waals surface area contributed by atoms with E-state index >= 15 is 0 Å². The van der Waals surface area contributed by atoms with Crippen molar-refractivity contribution in [2.45, 2.75) is 13.0 Å². The number of benzene rings is 3. The van der Waals surface area contributed by atoms with Crippen molar-refractivity contribution in [1.82, 2.24) is 5.32 Å². The molecule has 160 valence electrons. The quantitative estimate of drug-likeness (QED) is 0.488. The number of hydrogen-bond donors (Lipinski definition) is 1. The van der Waals surface area contributed by atoms with Crippen molar-refractivity contribution < 1.29 is 19.0 Å². The van der Waals surface area contributed by atoms with Crippen LogP contribution in [0.2, 0.25) is 0 Å². The lowest BCUT2D eigenvalue weighted by Crippen LogP contribution is -2.23. The lowest BCUT2D eigenvalue weighted by molar-refractivity contribution is -0.116. The number of rotatable bonds is 10. The molecule has 0 aliphatic carbocycles. The Morgan fingerprint density at radius 1 is 0.871 bits per heavy atom. The highest BCUT2D eigenvalue weighted by atomic mass is 16.5. The van der Waals surface area contributed by atoms with Crippen molar-refractivity contribution in [2.24, 2.45) is 0 Å². The molecule has 0 spiro atoms. The summed E-state index contributed by atoms with van der Waals surface area (Å²) >= 11 is 0. The fourth-order valence-corrected chi connectivity index (χ4v) is 3.01. The standard InChI is InChI=1S/C26H27NO4/c1-29-24-14-10-21(18-25(24)30-2)16-17-27-26(28)15-11-20-8-12-23(13-9-20)31-19-22-6-4-3-5-7-22/h3-15,18H,16-17,19H2,1-2H3,(H,27,28)/b15-11+. The number of methoxy groups -OCH3 is 2. The van der Waals surface area contributed by atoms with Crippen LogP contribution < -0.4 is 19.5 Å². The van der Waals surface area contributed by atoms with Crippen LogP contribution in [0.4, 0.5) is 0 Å². The van der Waals surface area contributed by atoms with E-state index in [1.807, 2.05) is 72.8 Å². The summed E-state index contributed by atoms with van der Waals surface area (Å²) in [6.07, 6.45) is 4.02. The molecule has 3 aromatic carbocycles. The van der Waals surface area contributed by atoms with Gasteiger partial charge in [-0.25, -0.2) is 0 Å². The SMILES string of the molecule is COc1ccc(CCNC(=O)/C=C/c2ccc(OCc3ccccc3)cc2)cc1OC. The lowest BCUT2D eigenvalue weighted by atomic mass is 10.1. The van der Waals surface area contributed by atoms with Gasteiger partial charge in [-0.2, -0.15) is 0 Å². The Bertz CT molecular complexity index is 998. The molecule has 5 heteroatoms.